The van der Waals surface area contributed by atoms with Crippen LogP contribution in [0.25, 0.3) is 0 Å². The van der Waals surface area contributed by atoms with Crippen molar-refractivity contribution in [2.75, 3.05) is 69.2 Å². The predicted octanol–water partition coefficient (Wildman–Crippen LogP) is 3.81. The number of hydrogen-bond acceptors (Lipinski definition) is 9. The lowest BCUT2D eigenvalue weighted by Gasteiger charge is -2.26. The standard InChI is InChI=1S/C27H34N8O2/c1-7-25(36)33-20-16-21(23(37-6)17-22(20)35(5)14-13-34(3)4)32-24-15-18(10-12-30-24)26(28)27-19(29-2)9-8-11-31-27/h7-12,15-17,28-29H,1,13-14H2,2-6H3,(H,30,32)(H,33,36). The molecule has 0 fully saturated rings. The van der Waals surface area contributed by atoms with E-state index in [0.29, 0.717) is 34.2 Å². The third-order valence-corrected chi connectivity index (χ3v) is 5.68. The smallest absolute Gasteiger partial charge is 0.247 e. The van der Waals surface area contributed by atoms with Crippen molar-refractivity contribution >= 4 is 40.2 Å². The minimum Gasteiger partial charge on any atom is -0.494 e. The maximum absolute atomic E-state index is 12.2. The highest BCUT2D eigenvalue weighted by Gasteiger charge is 2.17. The highest BCUT2D eigenvalue weighted by atomic mass is 16.5. The van der Waals surface area contributed by atoms with E-state index in [2.05, 4.69) is 42.3 Å². The van der Waals surface area contributed by atoms with Gasteiger partial charge in [-0.25, -0.2) is 4.98 Å². The first-order chi connectivity index (χ1) is 17.8. The first kappa shape index (κ1) is 27.2. The van der Waals surface area contributed by atoms with Gasteiger partial charge in [-0.3, -0.25) is 15.2 Å². The molecule has 0 aliphatic carbocycles. The molecule has 37 heavy (non-hydrogen) atoms. The van der Waals surface area contributed by atoms with Crippen LogP contribution in [0.1, 0.15) is 11.3 Å². The summed E-state index contributed by atoms with van der Waals surface area (Å²) in [7, 11) is 9.37. The van der Waals surface area contributed by atoms with Gasteiger partial charge in [-0.2, -0.15) is 0 Å². The number of pyridine rings is 2. The number of nitrogens with one attached hydrogen (secondary N) is 4. The van der Waals surface area contributed by atoms with Crippen molar-refractivity contribution in [3.8, 4) is 5.75 Å². The van der Waals surface area contributed by atoms with Crippen LogP contribution >= 0.6 is 0 Å². The molecule has 0 unspecified atom stereocenters. The molecule has 0 spiro atoms. The van der Waals surface area contributed by atoms with Crippen molar-refractivity contribution in [2.24, 2.45) is 0 Å². The Morgan fingerprint density at radius 3 is 2.54 bits per heavy atom. The van der Waals surface area contributed by atoms with E-state index < -0.39 is 0 Å². The van der Waals surface area contributed by atoms with Crippen molar-refractivity contribution in [3.05, 3.63) is 72.7 Å². The number of benzene rings is 1. The van der Waals surface area contributed by atoms with Gasteiger partial charge < -0.3 is 30.5 Å². The maximum atomic E-state index is 12.2. The zero-order valence-electron chi connectivity index (χ0n) is 21.9. The Morgan fingerprint density at radius 2 is 1.86 bits per heavy atom. The van der Waals surface area contributed by atoms with Gasteiger partial charge in [0.25, 0.3) is 0 Å². The summed E-state index contributed by atoms with van der Waals surface area (Å²) in [5.41, 5.74) is 4.22. The number of carbonyl (C=O) groups excluding carboxylic acids is 1. The molecule has 4 N–H and O–H groups in total. The molecule has 0 radical (unpaired) electrons. The van der Waals surface area contributed by atoms with Gasteiger partial charge in [0.15, 0.2) is 0 Å². The van der Waals surface area contributed by atoms with E-state index in [0.717, 1.165) is 24.5 Å². The second kappa shape index (κ2) is 12.5. The van der Waals surface area contributed by atoms with Crippen LogP contribution in [0.4, 0.5) is 28.6 Å². The molecule has 3 aromatic rings. The summed E-state index contributed by atoms with van der Waals surface area (Å²) in [5.74, 6) is 0.771. The fraction of sp³-hybridized carbons (Fsp3) is 0.259. The quantitative estimate of drug-likeness (QED) is 0.218. The lowest BCUT2D eigenvalue weighted by atomic mass is 10.1. The van der Waals surface area contributed by atoms with Crippen LogP contribution in [-0.2, 0) is 4.79 Å². The lowest BCUT2D eigenvalue weighted by molar-refractivity contribution is -0.111. The molecule has 2 heterocycles. The largest absolute Gasteiger partial charge is 0.494 e. The predicted molar refractivity (Wildman–Crippen MR) is 151 cm³/mol. The van der Waals surface area contributed by atoms with Crippen LogP contribution in [-0.4, -0.2) is 74.9 Å². The monoisotopic (exact) mass is 502 g/mol. The van der Waals surface area contributed by atoms with Gasteiger partial charge in [-0.1, -0.05) is 6.58 Å². The van der Waals surface area contributed by atoms with Crippen LogP contribution in [0.5, 0.6) is 5.75 Å². The fourth-order valence-electron chi connectivity index (χ4n) is 3.64. The van der Waals surface area contributed by atoms with E-state index >= 15 is 0 Å². The van der Waals surface area contributed by atoms with Gasteiger partial charge >= 0.3 is 0 Å². The third-order valence-electron chi connectivity index (χ3n) is 5.68. The van der Waals surface area contributed by atoms with E-state index in [-0.39, 0.29) is 11.6 Å². The van der Waals surface area contributed by atoms with Crippen LogP contribution in [0.15, 0.2) is 61.4 Å². The average Bonchev–Trinajstić information content (AvgIpc) is 2.91. The molecule has 0 bridgehead atoms. The molecule has 0 saturated heterocycles. The second-order valence-corrected chi connectivity index (χ2v) is 8.57. The minimum absolute atomic E-state index is 0.263. The van der Waals surface area contributed by atoms with E-state index in [9.17, 15) is 4.79 Å². The van der Waals surface area contributed by atoms with Crippen LogP contribution in [0.2, 0.25) is 0 Å². The Balaban J connectivity index is 1.97. The van der Waals surface area contributed by atoms with Crippen LogP contribution in [0.3, 0.4) is 0 Å². The maximum Gasteiger partial charge on any atom is 0.247 e. The molecule has 0 saturated carbocycles. The molecule has 2 aromatic heterocycles. The number of ether oxygens (including phenoxy) is 1. The zero-order valence-corrected chi connectivity index (χ0v) is 21.9. The Morgan fingerprint density at radius 1 is 1.08 bits per heavy atom. The molecule has 3 rings (SSSR count). The Hall–Kier alpha value is -4.44. The molecule has 0 atom stereocenters. The highest BCUT2D eigenvalue weighted by molar-refractivity contribution is 6.13. The Labute approximate surface area is 217 Å². The van der Waals surface area contributed by atoms with Crippen molar-refractivity contribution < 1.29 is 9.53 Å². The minimum atomic E-state index is -0.317. The van der Waals surface area contributed by atoms with Gasteiger partial charge in [-0.15, -0.1) is 0 Å². The van der Waals surface area contributed by atoms with Crippen molar-refractivity contribution in [3.63, 3.8) is 0 Å². The van der Waals surface area contributed by atoms with Gasteiger partial charge in [0.2, 0.25) is 5.91 Å². The Kier molecular flexibility index (Phi) is 9.17. The van der Waals surface area contributed by atoms with Gasteiger partial charge in [0.1, 0.15) is 17.3 Å². The SMILES string of the molecule is C=CC(=O)Nc1cc(Nc2cc(C(=N)c3ncccc3NC)ccn2)c(OC)cc1N(C)CCN(C)C. The zero-order chi connectivity index (χ0) is 26.9. The summed E-state index contributed by atoms with van der Waals surface area (Å²) in [6.45, 7) is 5.14. The summed E-state index contributed by atoms with van der Waals surface area (Å²) < 4.78 is 5.68. The Bertz CT molecular complexity index is 1280. The van der Waals surface area contributed by atoms with Crippen molar-refractivity contribution in [2.45, 2.75) is 0 Å². The molecular weight excluding hydrogens is 468 g/mol. The molecule has 0 aliphatic heterocycles. The van der Waals surface area contributed by atoms with Crippen molar-refractivity contribution in [1.29, 1.82) is 5.41 Å². The number of methoxy groups -OCH3 is 1. The molecular formula is C27H34N8O2. The molecule has 194 valence electrons. The summed E-state index contributed by atoms with van der Waals surface area (Å²) in [6.07, 6.45) is 4.52. The number of aromatic nitrogens is 2. The number of anilines is 5. The average molecular weight is 503 g/mol. The highest BCUT2D eigenvalue weighted by Crippen LogP contribution is 2.38. The molecule has 1 amide bonds. The summed E-state index contributed by atoms with van der Waals surface area (Å²) >= 11 is 0. The number of rotatable bonds is 12. The van der Waals surface area contributed by atoms with Gasteiger partial charge in [0, 0.05) is 51.2 Å². The summed E-state index contributed by atoms with van der Waals surface area (Å²) in [5, 5.41) is 17.9. The second-order valence-electron chi connectivity index (χ2n) is 8.57. The third kappa shape index (κ3) is 6.83. The van der Waals surface area contributed by atoms with E-state index in [1.54, 1.807) is 44.8 Å². The first-order valence-corrected chi connectivity index (χ1v) is 11.7. The topological polar surface area (TPSA) is 118 Å². The molecule has 1 aromatic carbocycles. The van der Waals surface area contributed by atoms with Gasteiger partial charge in [0.05, 0.1) is 35.6 Å². The van der Waals surface area contributed by atoms with Gasteiger partial charge in [-0.05, 0) is 50.5 Å². The van der Waals surface area contributed by atoms with E-state index in [1.807, 2.05) is 39.3 Å². The lowest BCUT2D eigenvalue weighted by Crippen LogP contribution is -2.29. The number of carbonyl (C=O) groups is 1. The van der Waals surface area contributed by atoms with Crippen molar-refractivity contribution in [1.82, 2.24) is 14.9 Å². The number of amides is 1. The molecule has 0 aliphatic rings. The normalized spacial score (nSPS) is 10.5. The fourth-order valence-corrected chi connectivity index (χ4v) is 3.64. The van der Waals surface area contributed by atoms with E-state index in [1.165, 1.54) is 6.08 Å². The number of nitrogens with zero attached hydrogens (tertiary/aromatic N) is 4. The first-order valence-electron chi connectivity index (χ1n) is 11.7. The van der Waals surface area contributed by atoms with Crippen LogP contribution < -0.4 is 25.6 Å². The number of hydrogen-bond donors (Lipinski definition) is 4. The summed E-state index contributed by atoms with van der Waals surface area (Å²) in [4.78, 5) is 25.1. The van der Waals surface area contributed by atoms with E-state index in [4.69, 9.17) is 10.1 Å². The molecule has 10 nitrogen and oxygen atoms in total. The summed E-state index contributed by atoms with van der Waals surface area (Å²) in [6, 6.07) is 10.9. The van der Waals surface area contributed by atoms with Crippen LogP contribution in [0, 0.1) is 5.41 Å². The molecule has 10 heteroatoms. The number of likely N-dealkylation sites (N-methyl/N-ethyl adjacent to an activating group) is 2.